The van der Waals surface area contributed by atoms with Crippen molar-refractivity contribution in [3.05, 3.63) is 23.2 Å². The molecule has 0 radical (unpaired) electrons. The topological polar surface area (TPSA) is 24.5 Å². The maximum atomic E-state index is 6.02. The fourth-order valence-electron chi connectivity index (χ4n) is 2.17. The second-order valence-electron chi connectivity index (χ2n) is 4.65. The van der Waals surface area contributed by atoms with Gasteiger partial charge in [0.2, 0.25) is 0 Å². The van der Waals surface area contributed by atoms with Crippen molar-refractivity contribution in [2.45, 2.75) is 6.42 Å². The van der Waals surface area contributed by atoms with E-state index in [2.05, 4.69) is 17.3 Å². The number of anilines is 1. The zero-order valence-corrected chi connectivity index (χ0v) is 11.1. The Morgan fingerprint density at radius 1 is 1.47 bits per heavy atom. The van der Waals surface area contributed by atoms with Crippen LogP contribution in [0, 0.1) is 5.92 Å². The number of nitrogens with one attached hydrogen (secondary N) is 1. The van der Waals surface area contributed by atoms with Crippen LogP contribution in [0.1, 0.15) is 6.42 Å². The molecule has 1 fully saturated rings. The van der Waals surface area contributed by atoms with Gasteiger partial charge in [-0.3, -0.25) is 0 Å². The lowest BCUT2D eigenvalue weighted by atomic mass is 10.1. The molecule has 0 bridgehead atoms. The zero-order valence-electron chi connectivity index (χ0n) is 10.4. The molecule has 1 heterocycles. The second-order valence-corrected chi connectivity index (χ2v) is 5.09. The third-order valence-electron chi connectivity index (χ3n) is 3.13. The van der Waals surface area contributed by atoms with Gasteiger partial charge in [-0.1, -0.05) is 11.6 Å². The fourth-order valence-corrected chi connectivity index (χ4v) is 2.39. The number of hydrogen-bond acceptors (Lipinski definition) is 3. The van der Waals surface area contributed by atoms with E-state index in [1.165, 1.54) is 13.0 Å². The van der Waals surface area contributed by atoms with E-state index < -0.39 is 0 Å². The lowest BCUT2D eigenvalue weighted by molar-refractivity contribution is 0.249. The molecule has 1 atom stereocenters. The van der Waals surface area contributed by atoms with Gasteiger partial charge in [-0.2, -0.15) is 0 Å². The van der Waals surface area contributed by atoms with Crippen LogP contribution in [0.5, 0.6) is 5.75 Å². The molecule has 94 valence electrons. The van der Waals surface area contributed by atoms with E-state index in [0.29, 0.717) is 10.9 Å². The van der Waals surface area contributed by atoms with Crippen LogP contribution in [0.25, 0.3) is 0 Å². The van der Waals surface area contributed by atoms with E-state index in [9.17, 15) is 0 Å². The first-order valence-electron chi connectivity index (χ1n) is 5.97. The molecule has 1 aliphatic heterocycles. The Hall–Kier alpha value is -0.930. The molecule has 4 heteroatoms. The average Bonchev–Trinajstić information content (AvgIpc) is 2.72. The van der Waals surface area contributed by atoms with Crippen LogP contribution >= 0.6 is 11.6 Å². The van der Waals surface area contributed by atoms with E-state index in [4.69, 9.17) is 16.3 Å². The van der Waals surface area contributed by atoms with Crippen LogP contribution in [0.15, 0.2) is 18.2 Å². The lowest BCUT2D eigenvalue weighted by Gasteiger charge is -2.13. The number of nitrogens with zero attached hydrogens (tertiary/aromatic N) is 1. The van der Waals surface area contributed by atoms with E-state index in [1.807, 2.05) is 25.2 Å². The highest BCUT2D eigenvalue weighted by atomic mass is 35.5. The standard InChI is InChI=1S/C13H19ClN2O/c1-15-12-5-11(14)6-13(7-12)17-9-10-3-4-16(2)8-10/h5-7,10,15H,3-4,8-9H2,1-2H3. The molecule has 1 aromatic rings. The van der Waals surface area contributed by atoms with Crippen molar-refractivity contribution in [1.82, 2.24) is 4.90 Å². The predicted molar refractivity (Wildman–Crippen MR) is 72.1 cm³/mol. The molecule has 1 N–H and O–H groups in total. The first-order chi connectivity index (χ1) is 8.17. The molecule has 1 unspecified atom stereocenters. The largest absolute Gasteiger partial charge is 0.493 e. The Morgan fingerprint density at radius 3 is 2.94 bits per heavy atom. The molecule has 3 nitrogen and oxygen atoms in total. The van der Waals surface area contributed by atoms with Gasteiger partial charge in [-0.05, 0) is 32.1 Å². The maximum absolute atomic E-state index is 6.02. The highest BCUT2D eigenvalue weighted by Gasteiger charge is 2.19. The minimum absolute atomic E-state index is 0.636. The summed E-state index contributed by atoms with van der Waals surface area (Å²) in [5.41, 5.74) is 0.982. The molecule has 0 aliphatic carbocycles. The first-order valence-corrected chi connectivity index (χ1v) is 6.35. The Bertz CT molecular complexity index is 384. The molecule has 0 amide bonds. The van der Waals surface area contributed by atoms with Crippen molar-refractivity contribution in [2.24, 2.45) is 5.92 Å². The van der Waals surface area contributed by atoms with Crippen LogP contribution in [-0.4, -0.2) is 38.7 Å². The summed E-state index contributed by atoms with van der Waals surface area (Å²) in [5, 5.41) is 3.77. The fraction of sp³-hybridized carbons (Fsp3) is 0.538. The quantitative estimate of drug-likeness (QED) is 0.894. The molecule has 0 aromatic heterocycles. The Labute approximate surface area is 108 Å². The van der Waals surface area contributed by atoms with E-state index in [-0.39, 0.29) is 0 Å². The summed E-state index contributed by atoms with van der Waals surface area (Å²) in [6.07, 6.45) is 1.22. The van der Waals surface area contributed by atoms with E-state index in [1.54, 1.807) is 0 Å². The number of ether oxygens (including phenoxy) is 1. The summed E-state index contributed by atoms with van der Waals surface area (Å²) in [6.45, 7) is 3.07. The molecule has 0 saturated carbocycles. The number of hydrogen-bond donors (Lipinski definition) is 1. The van der Waals surface area contributed by atoms with Crippen molar-refractivity contribution in [3.63, 3.8) is 0 Å². The van der Waals surface area contributed by atoms with Gasteiger partial charge in [0.1, 0.15) is 5.75 Å². The minimum Gasteiger partial charge on any atom is -0.493 e. The van der Waals surface area contributed by atoms with Crippen LogP contribution < -0.4 is 10.1 Å². The van der Waals surface area contributed by atoms with Crippen molar-refractivity contribution < 1.29 is 4.74 Å². The Kier molecular flexibility index (Phi) is 4.13. The molecule has 1 saturated heterocycles. The number of likely N-dealkylation sites (tertiary alicyclic amines) is 1. The summed E-state index contributed by atoms with van der Waals surface area (Å²) in [5.74, 6) is 1.48. The van der Waals surface area contributed by atoms with Crippen molar-refractivity contribution in [2.75, 3.05) is 39.1 Å². The van der Waals surface area contributed by atoms with Crippen LogP contribution in [0.4, 0.5) is 5.69 Å². The van der Waals surface area contributed by atoms with Crippen LogP contribution in [-0.2, 0) is 0 Å². The van der Waals surface area contributed by atoms with Gasteiger partial charge >= 0.3 is 0 Å². The van der Waals surface area contributed by atoms with Crippen molar-refractivity contribution in [3.8, 4) is 5.75 Å². The van der Waals surface area contributed by atoms with Gasteiger partial charge in [0.05, 0.1) is 6.61 Å². The molecule has 17 heavy (non-hydrogen) atoms. The molecule has 1 aromatic carbocycles. The summed E-state index contributed by atoms with van der Waals surface area (Å²) >= 11 is 6.02. The van der Waals surface area contributed by atoms with Crippen molar-refractivity contribution >= 4 is 17.3 Å². The third-order valence-corrected chi connectivity index (χ3v) is 3.35. The molecular weight excluding hydrogens is 236 g/mol. The van der Waals surface area contributed by atoms with Gasteiger partial charge in [-0.25, -0.2) is 0 Å². The van der Waals surface area contributed by atoms with Gasteiger partial charge in [0.15, 0.2) is 0 Å². The normalized spacial score (nSPS) is 20.5. The van der Waals surface area contributed by atoms with E-state index in [0.717, 1.165) is 24.6 Å². The summed E-state index contributed by atoms with van der Waals surface area (Å²) in [4.78, 5) is 2.34. The molecule has 2 rings (SSSR count). The highest BCUT2D eigenvalue weighted by molar-refractivity contribution is 6.31. The number of benzene rings is 1. The van der Waals surface area contributed by atoms with Gasteiger partial charge in [0, 0.05) is 36.3 Å². The Morgan fingerprint density at radius 2 is 2.29 bits per heavy atom. The molecule has 1 aliphatic rings. The van der Waals surface area contributed by atoms with E-state index >= 15 is 0 Å². The molecular formula is C13H19ClN2O. The molecule has 0 spiro atoms. The summed E-state index contributed by atoms with van der Waals surface area (Å²) < 4.78 is 5.81. The summed E-state index contributed by atoms with van der Waals surface area (Å²) in [7, 11) is 4.03. The predicted octanol–water partition coefficient (Wildman–Crippen LogP) is 2.71. The summed E-state index contributed by atoms with van der Waals surface area (Å²) in [6, 6.07) is 5.73. The average molecular weight is 255 g/mol. The minimum atomic E-state index is 0.636. The number of rotatable bonds is 4. The van der Waals surface area contributed by atoms with Crippen LogP contribution in [0.2, 0.25) is 5.02 Å². The third kappa shape index (κ3) is 3.51. The van der Waals surface area contributed by atoms with Gasteiger partial charge in [-0.15, -0.1) is 0 Å². The monoisotopic (exact) mass is 254 g/mol. The van der Waals surface area contributed by atoms with Crippen LogP contribution in [0.3, 0.4) is 0 Å². The lowest BCUT2D eigenvalue weighted by Crippen LogP contribution is -2.17. The highest BCUT2D eigenvalue weighted by Crippen LogP contribution is 2.25. The first kappa shape index (κ1) is 12.5. The SMILES string of the molecule is CNc1cc(Cl)cc(OCC2CCN(C)C2)c1. The van der Waals surface area contributed by atoms with Gasteiger partial charge in [0.25, 0.3) is 0 Å². The van der Waals surface area contributed by atoms with Crippen molar-refractivity contribution in [1.29, 1.82) is 0 Å². The maximum Gasteiger partial charge on any atom is 0.122 e. The smallest absolute Gasteiger partial charge is 0.122 e. The zero-order chi connectivity index (χ0) is 12.3. The Balaban J connectivity index is 1.92. The van der Waals surface area contributed by atoms with Gasteiger partial charge < -0.3 is 15.0 Å². The second kappa shape index (κ2) is 5.61. The number of halogens is 1.